The Balaban J connectivity index is 1.83. The minimum atomic E-state index is 0.809. The summed E-state index contributed by atoms with van der Waals surface area (Å²) in [6.45, 7) is 11.4. The maximum absolute atomic E-state index is 4.47. The van der Waals surface area contributed by atoms with Crippen molar-refractivity contribution in [3.63, 3.8) is 0 Å². The molecule has 0 aromatic carbocycles. The number of rotatable bonds is 6. The Hall–Kier alpha value is -1.09. The number of pyridine rings is 1. The second-order valence-electron chi connectivity index (χ2n) is 6.01. The number of nitrogens with zero attached hydrogens (tertiary/aromatic N) is 2. The number of hydrogen-bond acceptors (Lipinski definition) is 3. The van der Waals surface area contributed by atoms with Crippen LogP contribution in [0.25, 0.3) is 0 Å². The van der Waals surface area contributed by atoms with Gasteiger partial charge in [0.15, 0.2) is 0 Å². The van der Waals surface area contributed by atoms with E-state index < -0.39 is 0 Å². The first-order valence-corrected chi connectivity index (χ1v) is 7.60. The van der Waals surface area contributed by atoms with Gasteiger partial charge in [0.1, 0.15) is 5.82 Å². The second-order valence-corrected chi connectivity index (χ2v) is 6.01. The first kappa shape index (κ1) is 14.3. The zero-order valence-electron chi connectivity index (χ0n) is 12.5. The lowest BCUT2D eigenvalue weighted by Crippen LogP contribution is -2.21. The Morgan fingerprint density at radius 2 is 2.26 bits per heavy atom. The summed E-state index contributed by atoms with van der Waals surface area (Å²) < 4.78 is 0. The van der Waals surface area contributed by atoms with Crippen molar-refractivity contribution < 1.29 is 0 Å². The predicted molar refractivity (Wildman–Crippen MR) is 81.2 cm³/mol. The molecule has 3 heteroatoms. The van der Waals surface area contributed by atoms with Gasteiger partial charge in [-0.1, -0.05) is 26.8 Å². The van der Waals surface area contributed by atoms with Gasteiger partial charge >= 0.3 is 0 Å². The molecule has 2 heterocycles. The Bertz CT molecular complexity index is 372. The van der Waals surface area contributed by atoms with E-state index in [4.69, 9.17) is 0 Å². The van der Waals surface area contributed by atoms with Crippen LogP contribution in [0.3, 0.4) is 0 Å². The third-order valence-electron chi connectivity index (χ3n) is 4.04. The van der Waals surface area contributed by atoms with Gasteiger partial charge in [0, 0.05) is 25.8 Å². The van der Waals surface area contributed by atoms with Crippen LogP contribution in [0.5, 0.6) is 0 Å². The highest BCUT2D eigenvalue weighted by molar-refractivity contribution is 5.35. The van der Waals surface area contributed by atoms with Crippen molar-refractivity contribution in [2.75, 3.05) is 25.0 Å². The molecular formula is C16H27N3. The molecule has 1 aliphatic rings. The summed E-state index contributed by atoms with van der Waals surface area (Å²) in [6.07, 6.45) is 4.50. The molecular weight excluding hydrogens is 234 g/mol. The van der Waals surface area contributed by atoms with E-state index in [-0.39, 0.29) is 0 Å². The average Bonchev–Trinajstić information content (AvgIpc) is 2.87. The van der Waals surface area contributed by atoms with Gasteiger partial charge in [-0.15, -0.1) is 0 Å². The van der Waals surface area contributed by atoms with Crippen LogP contribution in [0.1, 0.15) is 39.2 Å². The molecule has 2 rings (SSSR count). The Labute approximate surface area is 117 Å². The quantitative estimate of drug-likeness (QED) is 0.851. The van der Waals surface area contributed by atoms with Crippen molar-refractivity contribution in [3.05, 3.63) is 23.9 Å². The maximum Gasteiger partial charge on any atom is 0.125 e. The molecule has 0 bridgehead atoms. The van der Waals surface area contributed by atoms with E-state index in [9.17, 15) is 0 Å². The fourth-order valence-corrected chi connectivity index (χ4v) is 2.68. The maximum atomic E-state index is 4.47. The molecule has 106 valence electrons. The van der Waals surface area contributed by atoms with Gasteiger partial charge in [-0.2, -0.15) is 0 Å². The van der Waals surface area contributed by atoms with Crippen LogP contribution in [0, 0.1) is 11.8 Å². The van der Waals surface area contributed by atoms with E-state index >= 15 is 0 Å². The molecule has 19 heavy (non-hydrogen) atoms. The third kappa shape index (κ3) is 4.20. The van der Waals surface area contributed by atoms with Crippen molar-refractivity contribution in [1.29, 1.82) is 0 Å². The van der Waals surface area contributed by atoms with Gasteiger partial charge in [0.25, 0.3) is 0 Å². The molecule has 3 nitrogen and oxygen atoms in total. The molecule has 0 saturated carbocycles. The molecule has 0 spiro atoms. The van der Waals surface area contributed by atoms with Crippen LogP contribution >= 0.6 is 0 Å². The second kappa shape index (κ2) is 6.90. The van der Waals surface area contributed by atoms with Gasteiger partial charge in [-0.3, -0.25) is 4.90 Å². The van der Waals surface area contributed by atoms with Gasteiger partial charge < -0.3 is 5.32 Å². The molecule has 1 N–H and O–H groups in total. The fraction of sp³-hybridized carbons (Fsp3) is 0.688. The highest BCUT2D eigenvalue weighted by Gasteiger charge is 2.24. The SMILES string of the molecule is CCCNc1ccc(CN2CCC(C(C)C)C2)cn1. The first-order chi connectivity index (χ1) is 9.19. The summed E-state index contributed by atoms with van der Waals surface area (Å²) in [5, 5.41) is 3.31. The highest BCUT2D eigenvalue weighted by atomic mass is 15.1. The first-order valence-electron chi connectivity index (χ1n) is 7.60. The van der Waals surface area contributed by atoms with Gasteiger partial charge in [-0.25, -0.2) is 4.98 Å². The van der Waals surface area contributed by atoms with Crippen LogP contribution < -0.4 is 5.32 Å². The van der Waals surface area contributed by atoms with Crippen molar-refractivity contribution in [2.45, 2.75) is 40.2 Å². The molecule has 1 fully saturated rings. The lowest BCUT2D eigenvalue weighted by molar-refractivity contribution is 0.296. The zero-order valence-corrected chi connectivity index (χ0v) is 12.5. The van der Waals surface area contributed by atoms with Crippen LogP contribution in [0.15, 0.2) is 18.3 Å². The van der Waals surface area contributed by atoms with E-state index in [0.29, 0.717) is 0 Å². The molecule has 1 aliphatic heterocycles. The minimum absolute atomic E-state index is 0.809. The molecule has 0 radical (unpaired) electrons. The highest BCUT2D eigenvalue weighted by Crippen LogP contribution is 2.24. The molecule has 1 aromatic heterocycles. The summed E-state index contributed by atoms with van der Waals surface area (Å²) in [7, 11) is 0. The standard InChI is InChI=1S/C16H27N3/c1-4-8-17-16-6-5-14(10-18-16)11-19-9-7-15(12-19)13(2)3/h5-6,10,13,15H,4,7-9,11-12H2,1-3H3,(H,17,18). The molecule has 0 aliphatic carbocycles. The van der Waals surface area contributed by atoms with Crippen LogP contribution in [0.2, 0.25) is 0 Å². The third-order valence-corrected chi connectivity index (χ3v) is 4.04. The summed E-state index contributed by atoms with van der Waals surface area (Å²) in [4.78, 5) is 7.03. The Morgan fingerprint density at radius 1 is 1.42 bits per heavy atom. The van der Waals surface area contributed by atoms with Gasteiger partial charge in [0.05, 0.1) is 0 Å². The summed E-state index contributed by atoms with van der Waals surface area (Å²) >= 11 is 0. The summed E-state index contributed by atoms with van der Waals surface area (Å²) in [6, 6.07) is 4.30. The lowest BCUT2D eigenvalue weighted by Gasteiger charge is -2.17. The smallest absolute Gasteiger partial charge is 0.125 e. The predicted octanol–water partition coefficient (Wildman–Crippen LogP) is 3.38. The largest absolute Gasteiger partial charge is 0.370 e. The number of aromatic nitrogens is 1. The van der Waals surface area contributed by atoms with Gasteiger partial charge in [0.2, 0.25) is 0 Å². The van der Waals surface area contributed by atoms with Crippen molar-refractivity contribution >= 4 is 5.82 Å². The van der Waals surface area contributed by atoms with E-state index in [1.807, 2.05) is 6.20 Å². The molecule has 1 saturated heterocycles. The van der Waals surface area contributed by atoms with Gasteiger partial charge in [-0.05, 0) is 42.9 Å². The summed E-state index contributed by atoms with van der Waals surface area (Å²) in [5.74, 6) is 2.68. The number of hydrogen-bond donors (Lipinski definition) is 1. The average molecular weight is 261 g/mol. The van der Waals surface area contributed by atoms with Crippen molar-refractivity contribution in [2.24, 2.45) is 11.8 Å². The monoisotopic (exact) mass is 261 g/mol. The number of likely N-dealkylation sites (tertiary alicyclic amines) is 1. The fourth-order valence-electron chi connectivity index (χ4n) is 2.68. The molecule has 0 amide bonds. The zero-order chi connectivity index (χ0) is 13.7. The molecule has 1 atom stereocenters. The number of nitrogens with one attached hydrogen (secondary N) is 1. The van der Waals surface area contributed by atoms with E-state index in [2.05, 4.69) is 48.1 Å². The molecule has 1 aromatic rings. The van der Waals surface area contributed by atoms with E-state index in [1.165, 1.54) is 25.1 Å². The lowest BCUT2D eigenvalue weighted by atomic mass is 9.95. The minimum Gasteiger partial charge on any atom is -0.370 e. The summed E-state index contributed by atoms with van der Waals surface area (Å²) in [5.41, 5.74) is 1.33. The normalized spacial score (nSPS) is 20.1. The Kier molecular flexibility index (Phi) is 5.20. The topological polar surface area (TPSA) is 28.2 Å². The van der Waals surface area contributed by atoms with Crippen LogP contribution in [0.4, 0.5) is 5.82 Å². The Morgan fingerprint density at radius 3 is 2.84 bits per heavy atom. The number of anilines is 1. The molecule has 1 unspecified atom stereocenters. The van der Waals surface area contributed by atoms with Crippen molar-refractivity contribution in [3.8, 4) is 0 Å². The van der Waals surface area contributed by atoms with E-state index in [1.54, 1.807) is 0 Å². The van der Waals surface area contributed by atoms with E-state index in [0.717, 1.165) is 37.2 Å². The van der Waals surface area contributed by atoms with Crippen molar-refractivity contribution in [1.82, 2.24) is 9.88 Å². The van der Waals surface area contributed by atoms with Crippen LogP contribution in [-0.2, 0) is 6.54 Å². The van der Waals surface area contributed by atoms with Crippen LogP contribution in [-0.4, -0.2) is 29.5 Å².